The molecule has 0 saturated heterocycles. The summed E-state index contributed by atoms with van der Waals surface area (Å²) >= 11 is 0. The number of carbonyl (C=O) groups excluding carboxylic acids is 2. The SMILES string of the molecule is COc1ccc(/C=C(/NC(C)=O)C(=O)NCCC2=CCCCC2)cc1OC. The molecule has 0 saturated carbocycles. The van der Waals surface area contributed by atoms with Crippen LogP contribution < -0.4 is 20.1 Å². The summed E-state index contributed by atoms with van der Waals surface area (Å²) in [7, 11) is 3.11. The molecular formula is C21H28N2O4. The summed E-state index contributed by atoms with van der Waals surface area (Å²) in [6.07, 6.45) is 9.43. The number of benzene rings is 1. The topological polar surface area (TPSA) is 76.7 Å². The number of methoxy groups -OCH3 is 2. The Hall–Kier alpha value is -2.76. The first-order chi connectivity index (χ1) is 13.0. The van der Waals surface area contributed by atoms with Gasteiger partial charge in [0, 0.05) is 13.5 Å². The van der Waals surface area contributed by atoms with Gasteiger partial charge in [-0.15, -0.1) is 0 Å². The van der Waals surface area contributed by atoms with Crippen LogP contribution in [0.3, 0.4) is 0 Å². The molecule has 0 fully saturated rings. The highest BCUT2D eigenvalue weighted by Crippen LogP contribution is 2.28. The van der Waals surface area contributed by atoms with Gasteiger partial charge in [-0.3, -0.25) is 9.59 Å². The van der Waals surface area contributed by atoms with Crippen molar-refractivity contribution in [2.45, 2.75) is 39.0 Å². The van der Waals surface area contributed by atoms with E-state index in [1.807, 2.05) is 0 Å². The minimum absolute atomic E-state index is 0.201. The van der Waals surface area contributed by atoms with Crippen LogP contribution in [-0.4, -0.2) is 32.6 Å². The fourth-order valence-corrected chi connectivity index (χ4v) is 3.02. The number of hydrogen-bond donors (Lipinski definition) is 2. The first kappa shape index (κ1) is 20.6. The first-order valence-corrected chi connectivity index (χ1v) is 9.21. The molecule has 0 aromatic heterocycles. The quantitative estimate of drug-likeness (QED) is 0.543. The number of rotatable bonds is 8. The second-order valence-electron chi connectivity index (χ2n) is 6.47. The van der Waals surface area contributed by atoms with Crippen molar-refractivity contribution in [1.82, 2.24) is 10.6 Å². The molecule has 0 radical (unpaired) electrons. The van der Waals surface area contributed by atoms with Gasteiger partial charge in [-0.25, -0.2) is 0 Å². The Morgan fingerprint density at radius 3 is 2.56 bits per heavy atom. The van der Waals surface area contributed by atoms with Gasteiger partial charge in [0.15, 0.2) is 11.5 Å². The van der Waals surface area contributed by atoms with E-state index >= 15 is 0 Å². The Kier molecular flexibility index (Phi) is 7.92. The van der Waals surface area contributed by atoms with E-state index in [2.05, 4.69) is 16.7 Å². The number of amides is 2. The number of allylic oxidation sites excluding steroid dienone is 1. The molecule has 0 aliphatic heterocycles. The molecule has 6 heteroatoms. The van der Waals surface area contributed by atoms with Crippen molar-refractivity contribution >= 4 is 17.9 Å². The minimum atomic E-state index is -0.309. The Balaban J connectivity index is 2.08. The maximum absolute atomic E-state index is 12.5. The lowest BCUT2D eigenvalue weighted by atomic mass is 9.97. The molecule has 1 aliphatic carbocycles. The molecule has 6 nitrogen and oxygen atoms in total. The molecule has 0 heterocycles. The summed E-state index contributed by atoms with van der Waals surface area (Å²) in [5, 5.41) is 5.49. The zero-order chi connectivity index (χ0) is 19.6. The summed E-state index contributed by atoms with van der Waals surface area (Å²) in [4.78, 5) is 24.0. The Morgan fingerprint density at radius 1 is 1.15 bits per heavy atom. The molecule has 0 unspecified atom stereocenters. The summed E-state index contributed by atoms with van der Waals surface area (Å²) in [5.41, 5.74) is 2.32. The van der Waals surface area contributed by atoms with Crippen LogP contribution in [0.25, 0.3) is 6.08 Å². The van der Waals surface area contributed by atoms with Crippen LogP contribution in [0.2, 0.25) is 0 Å². The van der Waals surface area contributed by atoms with Gasteiger partial charge in [0.05, 0.1) is 14.2 Å². The zero-order valence-corrected chi connectivity index (χ0v) is 16.3. The molecule has 2 N–H and O–H groups in total. The monoisotopic (exact) mass is 372 g/mol. The molecule has 1 aromatic carbocycles. The van der Waals surface area contributed by atoms with Crippen LogP contribution in [0.5, 0.6) is 11.5 Å². The van der Waals surface area contributed by atoms with Crippen molar-refractivity contribution in [3.63, 3.8) is 0 Å². The third-order valence-electron chi connectivity index (χ3n) is 4.39. The Morgan fingerprint density at radius 2 is 1.93 bits per heavy atom. The van der Waals surface area contributed by atoms with E-state index in [-0.39, 0.29) is 17.5 Å². The molecule has 146 valence electrons. The third-order valence-corrected chi connectivity index (χ3v) is 4.39. The molecule has 27 heavy (non-hydrogen) atoms. The van der Waals surface area contributed by atoms with Gasteiger partial charge in [-0.05, 0) is 55.9 Å². The maximum Gasteiger partial charge on any atom is 0.267 e. The summed E-state index contributed by atoms with van der Waals surface area (Å²) in [6, 6.07) is 5.30. The molecule has 0 spiro atoms. The molecule has 2 rings (SSSR count). The molecular weight excluding hydrogens is 344 g/mol. The van der Waals surface area contributed by atoms with Gasteiger partial charge in [0.1, 0.15) is 5.70 Å². The van der Waals surface area contributed by atoms with Crippen LogP contribution in [-0.2, 0) is 9.59 Å². The number of nitrogens with one attached hydrogen (secondary N) is 2. The molecule has 0 atom stereocenters. The van der Waals surface area contributed by atoms with Crippen molar-refractivity contribution in [2.24, 2.45) is 0 Å². The standard InChI is InChI=1S/C21H28N2O4/c1-15(24)23-18(13-17-9-10-19(26-2)20(14-17)27-3)21(25)22-12-11-16-7-5-4-6-8-16/h7,9-10,13-14H,4-6,8,11-12H2,1-3H3,(H,22,25)(H,23,24)/b18-13+. The van der Waals surface area contributed by atoms with Crippen LogP contribution >= 0.6 is 0 Å². The fourth-order valence-electron chi connectivity index (χ4n) is 3.02. The Labute approximate surface area is 160 Å². The Bertz CT molecular complexity index is 738. The number of ether oxygens (including phenoxy) is 2. The second-order valence-corrected chi connectivity index (χ2v) is 6.47. The average Bonchev–Trinajstić information content (AvgIpc) is 2.67. The maximum atomic E-state index is 12.5. The van der Waals surface area contributed by atoms with Gasteiger partial charge in [0.25, 0.3) is 5.91 Å². The molecule has 0 bridgehead atoms. The van der Waals surface area contributed by atoms with E-state index in [9.17, 15) is 9.59 Å². The highest BCUT2D eigenvalue weighted by Gasteiger charge is 2.13. The van der Waals surface area contributed by atoms with E-state index < -0.39 is 0 Å². The summed E-state index contributed by atoms with van der Waals surface area (Å²) in [6.45, 7) is 1.93. The lowest BCUT2D eigenvalue weighted by molar-refractivity contribution is -0.122. The van der Waals surface area contributed by atoms with Crippen molar-refractivity contribution in [2.75, 3.05) is 20.8 Å². The third kappa shape index (κ3) is 6.47. The van der Waals surface area contributed by atoms with Crippen molar-refractivity contribution < 1.29 is 19.1 Å². The van der Waals surface area contributed by atoms with Crippen LogP contribution in [0, 0.1) is 0 Å². The van der Waals surface area contributed by atoms with E-state index in [1.165, 1.54) is 25.3 Å². The molecule has 1 aliphatic rings. The lowest BCUT2D eigenvalue weighted by Crippen LogP contribution is -2.34. The average molecular weight is 372 g/mol. The van der Waals surface area contributed by atoms with E-state index in [4.69, 9.17) is 9.47 Å². The van der Waals surface area contributed by atoms with Crippen molar-refractivity contribution in [1.29, 1.82) is 0 Å². The predicted molar refractivity (Wildman–Crippen MR) is 106 cm³/mol. The van der Waals surface area contributed by atoms with Gasteiger partial charge >= 0.3 is 0 Å². The van der Waals surface area contributed by atoms with E-state index in [0.29, 0.717) is 18.0 Å². The fraction of sp³-hybridized carbons (Fsp3) is 0.429. The number of carbonyl (C=O) groups is 2. The van der Waals surface area contributed by atoms with Crippen molar-refractivity contribution in [3.8, 4) is 11.5 Å². The predicted octanol–water partition coefficient (Wildman–Crippen LogP) is 3.19. The number of hydrogen-bond acceptors (Lipinski definition) is 4. The van der Waals surface area contributed by atoms with Crippen LogP contribution in [0.1, 0.15) is 44.6 Å². The lowest BCUT2D eigenvalue weighted by Gasteiger charge is -2.14. The second kappa shape index (κ2) is 10.4. The zero-order valence-electron chi connectivity index (χ0n) is 16.3. The van der Waals surface area contributed by atoms with Gasteiger partial charge in [0.2, 0.25) is 5.91 Å². The molecule has 1 aromatic rings. The minimum Gasteiger partial charge on any atom is -0.493 e. The molecule has 2 amide bonds. The van der Waals surface area contributed by atoms with Crippen molar-refractivity contribution in [3.05, 3.63) is 41.1 Å². The van der Waals surface area contributed by atoms with Gasteiger partial charge in [-0.2, -0.15) is 0 Å². The van der Waals surface area contributed by atoms with E-state index in [0.717, 1.165) is 24.8 Å². The van der Waals surface area contributed by atoms with Gasteiger partial charge < -0.3 is 20.1 Å². The highest BCUT2D eigenvalue weighted by molar-refractivity contribution is 6.00. The largest absolute Gasteiger partial charge is 0.493 e. The summed E-state index contributed by atoms with van der Waals surface area (Å²) in [5.74, 6) is 0.544. The first-order valence-electron chi connectivity index (χ1n) is 9.21. The summed E-state index contributed by atoms with van der Waals surface area (Å²) < 4.78 is 10.5. The highest BCUT2D eigenvalue weighted by atomic mass is 16.5. The normalized spacial score (nSPS) is 14.2. The van der Waals surface area contributed by atoms with Crippen LogP contribution in [0.4, 0.5) is 0 Å². The van der Waals surface area contributed by atoms with E-state index in [1.54, 1.807) is 38.5 Å². The smallest absolute Gasteiger partial charge is 0.267 e. The van der Waals surface area contributed by atoms with Crippen LogP contribution in [0.15, 0.2) is 35.5 Å². The van der Waals surface area contributed by atoms with Gasteiger partial charge in [-0.1, -0.05) is 17.7 Å².